The summed E-state index contributed by atoms with van der Waals surface area (Å²) in [5.41, 5.74) is 18.8. The van der Waals surface area contributed by atoms with E-state index in [2.05, 4.69) is 258 Å². The SMILES string of the molecule is CCCCCc1ccc(-c2ccc(-c3ccc(-c4cc(C(CCC)(CCC)CCC)c(-c5ccc(-c6ccc(-c7c(C(CCC)(CCC)CCC)cc(-c8ccc(-c9ccc([Si](OCC)(OCC)OCC)cc9)cc8)cc7C(CCC)(CCC)CCC)s6)s5)c(C(CCC)(CCC)CCC)c4)cc3)s2)s1. The van der Waals surface area contributed by atoms with Gasteiger partial charge in [-0.1, -0.05) is 253 Å². The Balaban J connectivity index is 1.23. The number of benzene rings is 5. The molecule has 4 heterocycles. The van der Waals surface area contributed by atoms with Crippen molar-refractivity contribution in [3.63, 3.8) is 0 Å². The maximum Gasteiger partial charge on any atom is 0.537 e. The molecular weight excluding hydrogens is 1370 g/mol. The van der Waals surface area contributed by atoms with E-state index in [-0.39, 0.29) is 21.7 Å². The number of hydrogen-bond acceptors (Lipinski definition) is 7. The third-order valence-corrected chi connectivity index (χ3v) is 31.0. The second-order valence-electron chi connectivity index (χ2n) is 30.8. The van der Waals surface area contributed by atoms with Crippen molar-refractivity contribution in [2.24, 2.45) is 0 Å². The minimum absolute atomic E-state index is 0.0288. The van der Waals surface area contributed by atoms with E-state index >= 15 is 0 Å². The number of thiophene rings is 4. The zero-order chi connectivity index (χ0) is 75.0. The number of aryl methyl sites for hydroxylation is 1. The highest BCUT2D eigenvalue weighted by atomic mass is 32.1. The molecule has 9 aromatic rings. The first-order chi connectivity index (χ1) is 51.2. The van der Waals surface area contributed by atoms with Gasteiger partial charge >= 0.3 is 8.80 Å². The third kappa shape index (κ3) is 19.2. The Morgan fingerprint density at radius 3 is 0.810 bits per heavy atom. The summed E-state index contributed by atoms with van der Waals surface area (Å²) in [4.78, 5) is 11.4. The maximum atomic E-state index is 6.34. The van der Waals surface area contributed by atoms with Crippen molar-refractivity contribution < 1.29 is 13.3 Å². The first-order valence-corrected chi connectivity index (χ1v) is 47.2. The fraction of sp³-hybridized carbons (Fsp3) is 0.526. The normalized spacial score (nSPS) is 12.5. The van der Waals surface area contributed by atoms with Crippen molar-refractivity contribution in [2.75, 3.05) is 19.8 Å². The Morgan fingerprint density at radius 2 is 0.505 bits per heavy atom. The quantitative estimate of drug-likeness (QED) is 0.0281. The predicted octanol–water partition coefficient (Wildman–Crippen LogP) is 31.8. The Labute approximate surface area is 656 Å². The van der Waals surface area contributed by atoms with E-state index < -0.39 is 8.80 Å². The lowest BCUT2D eigenvalue weighted by atomic mass is 9.63. The van der Waals surface area contributed by atoms with Crippen LogP contribution in [0.3, 0.4) is 0 Å². The first-order valence-electron chi connectivity index (χ1n) is 42.2. The van der Waals surface area contributed by atoms with Gasteiger partial charge in [-0.25, -0.2) is 0 Å². The summed E-state index contributed by atoms with van der Waals surface area (Å²) in [6.07, 6.45) is 33.2. The monoisotopic (exact) mass is 1500 g/mol. The summed E-state index contributed by atoms with van der Waals surface area (Å²) in [5.74, 6) is 0. The highest BCUT2D eigenvalue weighted by Gasteiger charge is 2.45. The summed E-state index contributed by atoms with van der Waals surface area (Å²) >= 11 is 8.12. The van der Waals surface area contributed by atoms with E-state index in [1.807, 2.05) is 43.4 Å². The molecule has 0 saturated heterocycles. The molecule has 0 aliphatic carbocycles. The lowest BCUT2D eigenvalue weighted by molar-refractivity contribution is 0.0859. The Hall–Kier alpha value is -5.00. The van der Waals surface area contributed by atoms with Crippen molar-refractivity contribution in [1.29, 1.82) is 0 Å². The smallest absolute Gasteiger partial charge is 0.370 e. The van der Waals surface area contributed by atoms with Crippen molar-refractivity contribution in [1.82, 2.24) is 0 Å². The van der Waals surface area contributed by atoms with Crippen LogP contribution >= 0.6 is 45.3 Å². The van der Waals surface area contributed by atoms with E-state index in [4.69, 9.17) is 13.3 Å². The summed E-state index contributed by atoms with van der Waals surface area (Å²) in [6.45, 7) is 39.4. The highest BCUT2D eigenvalue weighted by Crippen LogP contribution is 2.57. The molecule has 0 fully saturated rings. The van der Waals surface area contributed by atoms with Gasteiger partial charge in [-0.15, -0.1) is 45.3 Å². The van der Waals surface area contributed by atoms with Crippen molar-refractivity contribution >= 4 is 59.3 Å². The summed E-state index contributed by atoms with van der Waals surface area (Å²) in [5, 5.41) is 1.01. The molecule has 9 rings (SSSR count). The molecule has 0 aliphatic heterocycles. The van der Waals surface area contributed by atoms with Crippen LogP contribution in [0.4, 0.5) is 0 Å². The molecule has 568 valence electrons. The Bertz CT molecular complexity index is 3860. The minimum atomic E-state index is -3.04. The van der Waals surface area contributed by atoms with Gasteiger partial charge in [0.05, 0.1) is 0 Å². The molecule has 0 saturated carbocycles. The molecule has 0 bridgehead atoms. The summed E-state index contributed by atoms with van der Waals surface area (Å²) < 4.78 is 19.0. The molecule has 0 unspecified atom stereocenters. The minimum Gasteiger partial charge on any atom is -0.370 e. The number of rotatable bonds is 47. The van der Waals surface area contributed by atoms with Crippen LogP contribution in [-0.4, -0.2) is 28.6 Å². The third-order valence-electron chi connectivity index (χ3n) is 23.1. The van der Waals surface area contributed by atoms with Crippen LogP contribution in [0.15, 0.2) is 146 Å². The number of hydrogen-bond donors (Lipinski definition) is 0. The van der Waals surface area contributed by atoms with Crippen LogP contribution in [0.25, 0.3) is 84.2 Å². The topological polar surface area (TPSA) is 27.7 Å². The van der Waals surface area contributed by atoms with E-state index in [0.29, 0.717) is 19.8 Å². The summed E-state index contributed by atoms with van der Waals surface area (Å²) in [6, 6.07) is 58.8. The second kappa shape index (κ2) is 40.6. The van der Waals surface area contributed by atoms with Gasteiger partial charge in [-0.3, -0.25) is 0 Å². The molecule has 4 aromatic heterocycles. The van der Waals surface area contributed by atoms with Gasteiger partial charge in [-0.2, -0.15) is 0 Å². The largest absolute Gasteiger partial charge is 0.537 e. The standard InChI is InChI=1S/C97H134O3S4Si/c1-17-33-34-35-79-46-49-86(101-79)87-51-50-85(102-87)76-42-40-75(41-43-76)78-70-83(96(62-24-8,63-25-9)64-26-10)93(84(71-78)97(65-27-11,66-28-12)67-29-13)91-55-53-89(104-91)88-52-54-90(103-88)92-81(94(56-18-2,57-19-3)58-20-4)68-77(69-82(92)95(59-21-5,60-22-6)61-23-7)74-38-36-72(37-39-74)73-44-47-80(48-45-73)105(98-30-14,99-31-15)100-32-16/h36-55,68-71H,17-35,56-67H2,1-16H3. The van der Waals surface area contributed by atoms with Gasteiger partial charge in [0.25, 0.3) is 0 Å². The molecule has 0 radical (unpaired) electrons. The van der Waals surface area contributed by atoms with Crippen LogP contribution in [0.1, 0.15) is 311 Å². The number of unbranched alkanes of at least 4 members (excludes halogenated alkanes) is 2. The van der Waals surface area contributed by atoms with Gasteiger partial charge in [0.15, 0.2) is 0 Å². The van der Waals surface area contributed by atoms with Crippen LogP contribution < -0.4 is 5.19 Å². The molecular formula is C97H134O3S4Si. The Kier molecular flexibility index (Phi) is 32.5. The van der Waals surface area contributed by atoms with Crippen LogP contribution in [0, 0.1) is 0 Å². The van der Waals surface area contributed by atoms with Crippen LogP contribution in [0.2, 0.25) is 0 Å². The van der Waals surface area contributed by atoms with E-state index in [1.54, 1.807) is 33.4 Å². The van der Waals surface area contributed by atoms with Crippen molar-refractivity contribution in [3.05, 3.63) is 173 Å². The zero-order valence-electron chi connectivity index (χ0n) is 68.1. The Morgan fingerprint density at radius 1 is 0.248 bits per heavy atom. The lowest BCUT2D eigenvalue weighted by Gasteiger charge is -2.41. The summed E-state index contributed by atoms with van der Waals surface area (Å²) in [7, 11) is -3.04. The molecule has 0 aliphatic rings. The predicted molar refractivity (Wildman–Crippen MR) is 471 cm³/mol. The molecule has 8 heteroatoms. The molecule has 105 heavy (non-hydrogen) atoms. The zero-order valence-corrected chi connectivity index (χ0v) is 72.4. The average molecular weight is 1500 g/mol. The van der Waals surface area contributed by atoms with E-state index in [0.717, 1.165) is 43.7 Å². The van der Waals surface area contributed by atoms with E-state index in [1.165, 1.54) is 219 Å². The van der Waals surface area contributed by atoms with Crippen molar-refractivity contribution in [3.8, 4) is 84.2 Å². The molecule has 5 aromatic carbocycles. The van der Waals surface area contributed by atoms with Gasteiger partial charge in [0.1, 0.15) is 0 Å². The molecule has 0 amide bonds. The van der Waals surface area contributed by atoms with Gasteiger partial charge in [0.2, 0.25) is 0 Å². The average Bonchev–Trinajstić information content (AvgIpc) is 1.66. The lowest BCUT2D eigenvalue weighted by Crippen LogP contribution is -2.56. The maximum absolute atomic E-state index is 6.34. The van der Waals surface area contributed by atoms with Gasteiger partial charge in [-0.05, 0) is 277 Å². The van der Waals surface area contributed by atoms with Crippen molar-refractivity contribution in [2.45, 2.75) is 312 Å². The molecule has 3 nitrogen and oxygen atoms in total. The van der Waals surface area contributed by atoms with Gasteiger partial charge < -0.3 is 13.3 Å². The second-order valence-corrected chi connectivity index (χ2v) is 37.8. The van der Waals surface area contributed by atoms with Gasteiger partial charge in [0, 0.05) is 64.0 Å². The van der Waals surface area contributed by atoms with Crippen LogP contribution in [0.5, 0.6) is 0 Å². The first kappa shape index (κ1) is 84.0. The van der Waals surface area contributed by atoms with Crippen LogP contribution in [-0.2, 0) is 41.4 Å². The molecule has 0 atom stereocenters. The highest BCUT2D eigenvalue weighted by molar-refractivity contribution is 7.25. The molecule has 0 spiro atoms. The van der Waals surface area contributed by atoms with E-state index in [9.17, 15) is 0 Å². The fourth-order valence-electron chi connectivity index (χ4n) is 19.2. The molecule has 0 N–H and O–H groups in total. The fourth-order valence-corrected chi connectivity index (χ4v) is 26.1.